The number of aromatic amines is 1. The van der Waals surface area contributed by atoms with Gasteiger partial charge in [-0.3, -0.25) is 0 Å². The Morgan fingerprint density at radius 1 is 1.12 bits per heavy atom. The highest BCUT2D eigenvalue weighted by atomic mass is 32.1. The molecular weight excluding hydrogens is 453 g/mol. The van der Waals surface area contributed by atoms with Gasteiger partial charge in [0.25, 0.3) is 0 Å². The summed E-state index contributed by atoms with van der Waals surface area (Å²) in [6.45, 7) is 2.38. The van der Waals surface area contributed by atoms with Crippen LogP contribution >= 0.6 is 11.3 Å². The first kappa shape index (κ1) is 23.8. The number of aryl methyl sites for hydroxylation is 3. The monoisotopic (exact) mass is 479 g/mol. The number of carbonyl (C=O) groups is 1. The van der Waals surface area contributed by atoms with Crippen molar-refractivity contribution in [1.82, 2.24) is 15.0 Å². The van der Waals surface area contributed by atoms with Crippen LogP contribution in [0.1, 0.15) is 49.7 Å². The number of carbonyl (C=O) groups excluding carboxylic acids is 1. The van der Waals surface area contributed by atoms with Crippen molar-refractivity contribution in [2.45, 2.75) is 32.3 Å². The molecule has 176 valence electrons. The molecule has 1 unspecified atom stereocenters. The molecule has 0 aliphatic carbocycles. The number of thiazole rings is 1. The first-order valence-electron chi connectivity index (χ1n) is 11.0. The summed E-state index contributed by atoms with van der Waals surface area (Å²) in [5.74, 6) is 0.200. The maximum absolute atomic E-state index is 13.2. The summed E-state index contributed by atoms with van der Waals surface area (Å²) >= 11 is 1.51. The largest absolute Gasteiger partial charge is 0.465 e. The normalized spacial score (nSPS) is 12.0. The fourth-order valence-electron chi connectivity index (χ4n) is 3.76. The number of halogens is 1. The van der Waals surface area contributed by atoms with E-state index < -0.39 is 12.1 Å². The Balaban J connectivity index is 1.55. The van der Waals surface area contributed by atoms with Crippen LogP contribution in [0.5, 0.6) is 0 Å². The minimum atomic E-state index is -0.404. The van der Waals surface area contributed by atoms with Crippen molar-refractivity contribution in [1.29, 1.82) is 0 Å². The number of rotatable bonds is 10. The van der Waals surface area contributed by atoms with Crippen molar-refractivity contribution < 1.29 is 18.7 Å². The first-order chi connectivity index (χ1) is 16.5. The predicted molar refractivity (Wildman–Crippen MR) is 129 cm³/mol. The second-order valence-corrected chi connectivity index (χ2v) is 8.83. The Morgan fingerprint density at radius 3 is 2.62 bits per heavy atom. The molecule has 8 heteroatoms. The SMILES string of the molecule is COC(=O)c1cc(C(OCCc2cnc(C)[nH]2)c2nccs2)ccc1CCc1ccc(F)cc1. The minimum absolute atomic E-state index is 0.265. The average molecular weight is 480 g/mol. The van der Waals surface area contributed by atoms with Crippen LogP contribution in [0.2, 0.25) is 0 Å². The lowest BCUT2D eigenvalue weighted by atomic mass is 9.96. The van der Waals surface area contributed by atoms with E-state index in [9.17, 15) is 9.18 Å². The third-order valence-electron chi connectivity index (χ3n) is 5.53. The predicted octanol–water partition coefficient (Wildman–Crippen LogP) is 5.23. The summed E-state index contributed by atoms with van der Waals surface area (Å²) in [6, 6.07) is 12.1. The molecule has 2 heterocycles. The average Bonchev–Trinajstić information content (AvgIpc) is 3.53. The van der Waals surface area contributed by atoms with Gasteiger partial charge >= 0.3 is 5.97 Å². The summed E-state index contributed by atoms with van der Waals surface area (Å²) in [5, 5.41) is 2.72. The lowest BCUT2D eigenvalue weighted by molar-refractivity contribution is 0.0598. The molecule has 0 radical (unpaired) electrons. The molecule has 0 saturated heterocycles. The number of esters is 1. The third-order valence-corrected chi connectivity index (χ3v) is 6.34. The topological polar surface area (TPSA) is 77.1 Å². The number of nitrogens with one attached hydrogen (secondary N) is 1. The van der Waals surface area contributed by atoms with E-state index >= 15 is 0 Å². The van der Waals surface area contributed by atoms with Gasteiger partial charge in [-0.15, -0.1) is 11.3 Å². The van der Waals surface area contributed by atoms with E-state index in [-0.39, 0.29) is 5.82 Å². The number of H-pyrrole nitrogens is 1. The van der Waals surface area contributed by atoms with E-state index in [4.69, 9.17) is 9.47 Å². The molecule has 4 aromatic rings. The Hall–Kier alpha value is -3.36. The molecule has 0 amide bonds. The molecule has 2 aromatic heterocycles. The molecule has 0 saturated carbocycles. The molecule has 6 nitrogen and oxygen atoms in total. The Labute approximate surface area is 201 Å². The van der Waals surface area contributed by atoms with Gasteiger partial charge in [0.1, 0.15) is 22.8 Å². The number of methoxy groups -OCH3 is 1. The zero-order valence-corrected chi connectivity index (χ0v) is 19.9. The quantitative estimate of drug-likeness (QED) is 0.315. The maximum atomic E-state index is 13.2. The zero-order valence-electron chi connectivity index (χ0n) is 19.1. The van der Waals surface area contributed by atoms with Gasteiger partial charge in [0.15, 0.2) is 0 Å². The summed E-state index contributed by atoms with van der Waals surface area (Å²) < 4.78 is 24.5. The molecule has 4 rings (SSSR count). The maximum Gasteiger partial charge on any atom is 0.338 e. The van der Waals surface area contributed by atoms with E-state index in [1.165, 1.54) is 30.6 Å². The van der Waals surface area contributed by atoms with Crippen molar-refractivity contribution >= 4 is 17.3 Å². The minimum Gasteiger partial charge on any atom is -0.465 e. The van der Waals surface area contributed by atoms with Gasteiger partial charge in [-0.1, -0.05) is 24.3 Å². The van der Waals surface area contributed by atoms with Gasteiger partial charge in [-0.05, 0) is 54.7 Å². The van der Waals surface area contributed by atoms with Crippen LogP contribution in [0.4, 0.5) is 4.39 Å². The van der Waals surface area contributed by atoms with Gasteiger partial charge in [0.2, 0.25) is 0 Å². The van der Waals surface area contributed by atoms with E-state index in [2.05, 4.69) is 15.0 Å². The van der Waals surface area contributed by atoms with Gasteiger partial charge in [-0.25, -0.2) is 19.2 Å². The number of ether oxygens (including phenoxy) is 2. The van der Waals surface area contributed by atoms with E-state index in [0.29, 0.717) is 31.4 Å². The highest BCUT2D eigenvalue weighted by molar-refractivity contribution is 7.09. The summed E-state index contributed by atoms with van der Waals surface area (Å²) in [5.41, 5.74) is 4.20. The summed E-state index contributed by atoms with van der Waals surface area (Å²) in [4.78, 5) is 24.5. The zero-order chi connectivity index (χ0) is 23.9. The number of benzene rings is 2. The van der Waals surface area contributed by atoms with E-state index in [1.807, 2.05) is 36.7 Å². The fourth-order valence-corrected chi connectivity index (χ4v) is 4.48. The number of hydrogen-bond donors (Lipinski definition) is 1. The molecular formula is C26H26FN3O3S. The lowest BCUT2D eigenvalue weighted by Gasteiger charge is -2.18. The van der Waals surface area contributed by atoms with Gasteiger partial charge in [0.05, 0.1) is 19.3 Å². The second-order valence-electron chi connectivity index (χ2n) is 7.90. The van der Waals surface area contributed by atoms with Crippen LogP contribution in [0.25, 0.3) is 0 Å². The van der Waals surface area contributed by atoms with Crippen molar-refractivity contribution in [3.8, 4) is 0 Å². The molecule has 1 N–H and O–H groups in total. The van der Waals surface area contributed by atoms with Gasteiger partial charge < -0.3 is 14.5 Å². The van der Waals surface area contributed by atoms with Crippen molar-refractivity contribution in [3.63, 3.8) is 0 Å². The number of hydrogen-bond acceptors (Lipinski definition) is 6. The van der Waals surface area contributed by atoms with Crippen LogP contribution in [-0.4, -0.2) is 34.6 Å². The number of imidazole rings is 1. The fraction of sp³-hybridized carbons (Fsp3) is 0.269. The molecule has 0 spiro atoms. The molecule has 0 bridgehead atoms. The van der Waals surface area contributed by atoms with E-state index in [1.54, 1.807) is 18.3 Å². The summed E-state index contributed by atoms with van der Waals surface area (Å²) in [6.07, 6.45) is 5.13. The van der Waals surface area contributed by atoms with Crippen molar-refractivity contribution in [3.05, 3.63) is 105 Å². The van der Waals surface area contributed by atoms with Crippen LogP contribution in [-0.2, 0) is 28.7 Å². The van der Waals surface area contributed by atoms with Crippen LogP contribution in [0.3, 0.4) is 0 Å². The Morgan fingerprint density at radius 2 is 1.94 bits per heavy atom. The lowest BCUT2D eigenvalue weighted by Crippen LogP contribution is -2.12. The molecule has 0 aliphatic rings. The van der Waals surface area contributed by atoms with Gasteiger partial charge in [-0.2, -0.15) is 0 Å². The first-order valence-corrected chi connectivity index (χ1v) is 11.9. The standard InChI is InChI=1S/C26H26FN3O3S/c1-17-29-16-22(30-17)11-13-33-24(25-28-12-14-34-25)20-8-7-19(23(15-20)26(31)32-2)6-3-18-4-9-21(27)10-5-18/h4-5,7-10,12,14-16,24H,3,6,11,13H2,1-2H3,(H,29,30). The van der Waals surface area contributed by atoms with Crippen LogP contribution in [0, 0.1) is 12.7 Å². The van der Waals surface area contributed by atoms with Crippen molar-refractivity contribution in [2.24, 2.45) is 0 Å². The van der Waals surface area contributed by atoms with Crippen molar-refractivity contribution in [2.75, 3.05) is 13.7 Å². The highest BCUT2D eigenvalue weighted by Gasteiger charge is 2.21. The molecule has 0 fully saturated rings. The van der Waals surface area contributed by atoms with Gasteiger partial charge in [0, 0.05) is 29.9 Å². The van der Waals surface area contributed by atoms with Crippen LogP contribution < -0.4 is 0 Å². The molecule has 34 heavy (non-hydrogen) atoms. The molecule has 0 aliphatic heterocycles. The second kappa shape index (κ2) is 11.2. The Bertz CT molecular complexity index is 1220. The number of nitrogens with zero attached hydrogens (tertiary/aromatic N) is 2. The Kier molecular flexibility index (Phi) is 7.82. The smallest absolute Gasteiger partial charge is 0.338 e. The molecule has 2 aromatic carbocycles. The highest BCUT2D eigenvalue weighted by Crippen LogP contribution is 2.30. The number of aromatic nitrogens is 3. The summed E-state index contributed by atoms with van der Waals surface area (Å²) in [7, 11) is 1.37. The molecule has 1 atom stereocenters. The van der Waals surface area contributed by atoms with E-state index in [0.717, 1.165) is 33.2 Å². The third kappa shape index (κ3) is 5.95. The van der Waals surface area contributed by atoms with Crippen LogP contribution in [0.15, 0.2) is 60.2 Å².